The fourth-order valence-corrected chi connectivity index (χ4v) is 3.24. The van der Waals surface area contributed by atoms with Crippen molar-refractivity contribution in [2.24, 2.45) is 0 Å². The number of ether oxygens (including phenoxy) is 1. The number of carbonyl (C=O) groups excluding carboxylic acids is 2. The average Bonchev–Trinajstić information content (AvgIpc) is 3.03. The maximum Gasteiger partial charge on any atom is 0.250 e. The highest BCUT2D eigenvalue weighted by atomic mass is 19.1. The Balaban J connectivity index is 1.34. The largest absolute Gasteiger partial charge is 0.365 e. The first kappa shape index (κ1) is 19.1. The summed E-state index contributed by atoms with van der Waals surface area (Å²) in [6.45, 7) is 2.48. The Hall–Kier alpha value is -3.26. The van der Waals surface area contributed by atoms with E-state index in [4.69, 9.17) is 4.74 Å². The van der Waals surface area contributed by atoms with Crippen LogP contribution < -0.4 is 5.32 Å². The number of nitrogens with zero attached hydrogens (tertiary/aromatic N) is 2. The molecule has 150 valence electrons. The summed E-state index contributed by atoms with van der Waals surface area (Å²) in [6.07, 6.45) is 0.260. The maximum atomic E-state index is 13.8. The summed E-state index contributed by atoms with van der Waals surface area (Å²) in [5.74, 6) is 0.129. The van der Waals surface area contributed by atoms with Crippen molar-refractivity contribution in [3.05, 3.63) is 59.7 Å². The number of halogens is 1. The van der Waals surface area contributed by atoms with Crippen LogP contribution in [0.25, 0.3) is 11.0 Å². The highest BCUT2D eigenvalue weighted by Gasteiger charge is 2.29. The number of H-pyrrole nitrogens is 1. The van der Waals surface area contributed by atoms with Gasteiger partial charge in [-0.3, -0.25) is 9.59 Å². The third-order valence-corrected chi connectivity index (χ3v) is 4.87. The molecule has 2 amide bonds. The molecule has 3 aromatic rings. The van der Waals surface area contributed by atoms with Crippen molar-refractivity contribution in [1.82, 2.24) is 14.9 Å². The van der Waals surface area contributed by atoms with Crippen molar-refractivity contribution in [3.63, 3.8) is 0 Å². The van der Waals surface area contributed by atoms with Crippen LogP contribution in [-0.2, 0) is 20.7 Å². The van der Waals surface area contributed by atoms with Gasteiger partial charge in [0.25, 0.3) is 0 Å². The molecule has 0 unspecified atom stereocenters. The van der Waals surface area contributed by atoms with E-state index in [9.17, 15) is 14.0 Å². The smallest absolute Gasteiger partial charge is 0.250 e. The van der Waals surface area contributed by atoms with Gasteiger partial charge in [-0.15, -0.1) is 0 Å². The molecule has 29 heavy (non-hydrogen) atoms. The number of rotatable bonds is 6. The fraction of sp³-hybridized carbons (Fsp3) is 0.286. The first-order valence-electron chi connectivity index (χ1n) is 9.37. The van der Waals surface area contributed by atoms with Gasteiger partial charge in [0, 0.05) is 32.1 Å². The summed E-state index contributed by atoms with van der Waals surface area (Å²) in [5, 5.41) is 2.79. The quantitative estimate of drug-likeness (QED) is 0.670. The standard InChI is InChI=1S/C21H21FN4O3/c1-13(27)26-10-16(11-26)29-12-21(28)23-15-6-7-18-19(9-15)25-20(24-18)8-14-4-2-3-5-17(14)22/h2-7,9,16H,8,10-12H2,1H3,(H,23,28)(H,24,25). The van der Waals surface area contributed by atoms with E-state index in [1.807, 2.05) is 0 Å². The van der Waals surface area contributed by atoms with Gasteiger partial charge in [0.15, 0.2) is 0 Å². The van der Waals surface area contributed by atoms with Gasteiger partial charge in [-0.1, -0.05) is 18.2 Å². The Bertz CT molecular complexity index is 1060. The zero-order valence-corrected chi connectivity index (χ0v) is 15.9. The predicted molar refractivity (Wildman–Crippen MR) is 106 cm³/mol. The van der Waals surface area contributed by atoms with Gasteiger partial charge in [-0.05, 0) is 29.8 Å². The molecule has 1 saturated heterocycles. The number of fused-ring (bicyclic) bond motifs is 1. The van der Waals surface area contributed by atoms with Crippen LogP contribution in [0, 0.1) is 5.82 Å². The zero-order chi connectivity index (χ0) is 20.4. The lowest BCUT2D eigenvalue weighted by Gasteiger charge is -2.38. The van der Waals surface area contributed by atoms with Crippen LogP contribution in [0.2, 0.25) is 0 Å². The number of anilines is 1. The topological polar surface area (TPSA) is 87.3 Å². The molecular formula is C21H21FN4O3. The lowest BCUT2D eigenvalue weighted by molar-refractivity contribution is -0.144. The monoisotopic (exact) mass is 396 g/mol. The van der Waals surface area contributed by atoms with Gasteiger partial charge < -0.3 is 19.9 Å². The molecule has 7 nitrogen and oxygen atoms in total. The number of hydrogen-bond acceptors (Lipinski definition) is 4. The number of carbonyl (C=O) groups is 2. The average molecular weight is 396 g/mol. The highest BCUT2D eigenvalue weighted by molar-refractivity contribution is 5.93. The number of imidazole rings is 1. The molecule has 0 bridgehead atoms. The molecule has 0 spiro atoms. The van der Waals surface area contributed by atoms with Gasteiger partial charge in [0.05, 0.1) is 17.1 Å². The van der Waals surface area contributed by atoms with E-state index in [1.165, 1.54) is 13.0 Å². The SMILES string of the molecule is CC(=O)N1CC(OCC(=O)Nc2ccc3nc(Cc4ccccc4F)[nH]c3c2)C1. The van der Waals surface area contributed by atoms with E-state index in [0.29, 0.717) is 36.6 Å². The maximum absolute atomic E-state index is 13.8. The van der Waals surface area contributed by atoms with Crippen molar-refractivity contribution < 1.29 is 18.7 Å². The summed E-state index contributed by atoms with van der Waals surface area (Å²) in [5.41, 5.74) is 2.68. The lowest BCUT2D eigenvalue weighted by Crippen LogP contribution is -2.54. The normalized spacial score (nSPS) is 14.1. The van der Waals surface area contributed by atoms with Gasteiger partial charge >= 0.3 is 0 Å². The van der Waals surface area contributed by atoms with Gasteiger partial charge in [0.2, 0.25) is 11.8 Å². The van der Waals surface area contributed by atoms with E-state index < -0.39 is 0 Å². The van der Waals surface area contributed by atoms with Crippen LogP contribution in [0.3, 0.4) is 0 Å². The van der Waals surface area contributed by atoms with Crippen molar-refractivity contribution in [2.75, 3.05) is 25.0 Å². The third kappa shape index (κ3) is 4.43. The first-order chi connectivity index (χ1) is 14.0. The summed E-state index contributed by atoms with van der Waals surface area (Å²) in [6, 6.07) is 11.9. The third-order valence-electron chi connectivity index (χ3n) is 4.87. The molecule has 0 radical (unpaired) electrons. The predicted octanol–water partition coefficient (Wildman–Crippen LogP) is 2.48. The van der Waals surface area contributed by atoms with Gasteiger partial charge in [-0.2, -0.15) is 0 Å². The van der Waals surface area contributed by atoms with E-state index in [-0.39, 0.29) is 30.3 Å². The molecule has 2 N–H and O–H groups in total. The number of amides is 2. The second kappa shape index (κ2) is 8.00. The minimum absolute atomic E-state index is 0.0107. The van der Waals surface area contributed by atoms with Crippen LogP contribution in [0.4, 0.5) is 10.1 Å². The molecule has 0 aliphatic carbocycles. The van der Waals surface area contributed by atoms with Gasteiger partial charge in [0.1, 0.15) is 18.2 Å². The van der Waals surface area contributed by atoms with E-state index in [0.717, 1.165) is 11.0 Å². The van der Waals surface area contributed by atoms with Crippen LogP contribution in [0.15, 0.2) is 42.5 Å². The Kier molecular flexibility index (Phi) is 5.26. The Morgan fingerprint density at radius 1 is 1.28 bits per heavy atom. The molecule has 1 fully saturated rings. The number of aromatic amines is 1. The van der Waals surface area contributed by atoms with Gasteiger partial charge in [-0.25, -0.2) is 9.37 Å². The lowest BCUT2D eigenvalue weighted by atomic mass is 10.1. The molecule has 4 rings (SSSR count). The Labute approximate surface area is 166 Å². The number of aromatic nitrogens is 2. The molecule has 8 heteroatoms. The van der Waals surface area contributed by atoms with Crippen LogP contribution >= 0.6 is 0 Å². The molecule has 0 saturated carbocycles. The second-order valence-corrected chi connectivity index (χ2v) is 7.09. The van der Waals surface area contributed by atoms with Crippen LogP contribution in [0.5, 0.6) is 0 Å². The van der Waals surface area contributed by atoms with E-state index in [1.54, 1.807) is 41.3 Å². The van der Waals surface area contributed by atoms with Crippen molar-refractivity contribution in [2.45, 2.75) is 19.4 Å². The minimum Gasteiger partial charge on any atom is -0.365 e. The summed E-state index contributed by atoms with van der Waals surface area (Å²) in [4.78, 5) is 32.6. The van der Waals surface area contributed by atoms with E-state index in [2.05, 4.69) is 15.3 Å². The summed E-state index contributed by atoms with van der Waals surface area (Å²) < 4.78 is 19.3. The zero-order valence-electron chi connectivity index (χ0n) is 15.9. The Morgan fingerprint density at radius 3 is 2.83 bits per heavy atom. The van der Waals surface area contributed by atoms with E-state index >= 15 is 0 Å². The number of nitrogens with one attached hydrogen (secondary N) is 2. The summed E-state index contributed by atoms with van der Waals surface area (Å²) in [7, 11) is 0. The van der Waals surface area contributed by atoms with Crippen molar-refractivity contribution >= 4 is 28.5 Å². The summed E-state index contributed by atoms with van der Waals surface area (Å²) >= 11 is 0. The number of hydrogen-bond donors (Lipinski definition) is 2. The molecule has 1 aliphatic rings. The van der Waals surface area contributed by atoms with Crippen molar-refractivity contribution in [1.29, 1.82) is 0 Å². The molecular weight excluding hydrogens is 375 g/mol. The number of benzene rings is 2. The molecule has 1 aliphatic heterocycles. The number of likely N-dealkylation sites (tertiary alicyclic amines) is 1. The highest BCUT2D eigenvalue weighted by Crippen LogP contribution is 2.20. The van der Waals surface area contributed by atoms with Crippen LogP contribution in [-0.4, -0.2) is 52.5 Å². The minimum atomic E-state index is -0.267. The molecule has 1 aromatic heterocycles. The first-order valence-corrected chi connectivity index (χ1v) is 9.37. The molecule has 2 heterocycles. The second-order valence-electron chi connectivity index (χ2n) is 7.09. The fourth-order valence-electron chi connectivity index (χ4n) is 3.24. The van der Waals surface area contributed by atoms with Crippen molar-refractivity contribution in [3.8, 4) is 0 Å². The van der Waals surface area contributed by atoms with Crippen LogP contribution in [0.1, 0.15) is 18.3 Å². The molecule has 0 atom stereocenters. The molecule has 2 aromatic carbocycles. The Morgan fingerprint density at radius 2 is 2.07 bits per heavy atom.